The molecule has 11 heteroatoms. The highest BCUT2D eigenvalue weighted by Crippen LogP contribution is 2.58. The van der Waals surface area contributed by atoms with Gasteiger partial charge in [0.05, 0.1) is 0 Å². The number of hydrogen-bond donors (Lipinski definition) is 6. The Hall–Kier alpha value is 0.180. The summed E-state index contributed by atoms with van der Waals surface area (Å²) in [6.07, 6.45) is -0.750. The highest BCUT2D eigenvalue weighted by Gasteiger charge is 2.50. The Labute approximate surface area is 85.3 Å². The third-order valence-corrected chi connectivity index (χ3v) is 3.34. The molecule has 1 unspecified atom stereocenters. The molecule has 0 saturated heterocycles. The minimum Gasteiger partial charge on any atom is -0.356 e. The molecule has 0 aromatic rings. The zero-order chi connectivity index (χ0) is 12.3. The molecule has 0 spiro atoms. The second-order valence-corrected chi connectivity index (χ2v) is 5.71. The SMILES string of the molecule is NCCCC(O)(OP(=O)(O)O)P(=O)(O)O. The molecular weight excluding hydrogens is 252 g/mol. The summed E-state index contributed by atoms with van der Waals surface area (Å²) in [5.74, 6) is 0. The van der Waals surface area contributed by atoms with Crippen LogP contribution in [-0.4, -0.2) is 36.8 Å². The van der Waals surface area contributed by atoms with Gasteiger partial charge in [-0.05, 0) is 13.0 Å². The lowest BCUT2D eigenvalue weighted by Gasteiger charge is -2.28. The third kappa shape index (κ3) is 5.17. The summed E-state index contributed by atoms with van der Waals surface area (Å²) in [6.45, 7) is -0.0210. The van der Waals surface area contributed by atoms with Crippen LogP contribution in [-0.2, 0) is 13.7 Å². The Morgan fingerprint density at radius 2 is 1.67 bits per heavy atom. The molecule has 0 radical (unpaired) electrons. The van der Waals surface area contributed by atoms with Gasteiger partial charge >= 0.3 is 15.4 Å². The molecule has 0 saturated carbocycles. The van der Waals surface area contributed by atoms with Crippen molar-refractivity contribution in [2.75, 3.05) is 6.54 Å². The summed E-state index contributed by atoms with van der Waals surface area (Å²) >= 11 is 0. The molecule has 15 heavy (non-hydrogen) atoms. The first-order valence-electron chi connectivity index (χ1n) is 3.76. The highest BCUT2D eigenvalue weighted by molar-refractivity contribution is 7.54. The van der Waals surface area contributed by atoms with E-state index in [1.54, 1.807) is 0 Å². The van der Waals surface area contributed by atoms with Gasteiger partial charge in [-0.1, -0.05) is 0 Å². The van der Waals surface area contributed by atoms with E-state index in [4.69, 9.17) is 25.3 Å². The number of rotatable bonds is 6. The van der Waals surface area contributed by atoms with E-state index in [1.165, 1.54) is 0 Å². The zero-order valence-electron chi connectivity index (χ0n) is 7.55. The van der Waals surface area contributed by atoms with E-state index in [9.17, 15) is 14.2 Å². The maximum atomic E-state index is 10.8. The van der Waals surface area contributed by atoms with Gasteiger partial charge in [-0.2, -0.15) is 0 Å². The van der Waals surface area contributed by atoms with Crippen molar-refractivity contribution in [2.24, 2.45) is 5.73 Å². The van der Waals surface area contributed by atoms with E-state index in [0.29, 0.717) is 0 Å². The Bertz CT molecular complexity index is 295. The van der Waals surface area contributed by atoms with Crippen molar-refractivity contribution in [3.05, 3.63) is 0 Å². The van der Waals surface area contributed by atoms with Gasteiger partial charge in [0.25, 0.3) is 5.53 Å². The van der Waals surface area contributed by atoms with Crippen LogP contribution in [0.3, 0.4) is 0 Å². The molecule has 0 rings (SSSR count). The van der Waals surface area contributed by atoms with Gasteiger partial charge in [0, 0.05) is 6.42 Å². The average molecular weight is 265 g/mol. The van der Waals surface area contributed by atoms with Gasteiger partial charge in [-0.15, -0.1) is 0 Å². The third-order valence-electron chi connectivity index (χ3n) is 1.43. The molecule has 0 aliphatic carbocycles. The summed E-state index contributed by atoms with van der Waals surface area (Å²) in [5, 5.41) is 9.28. The molecule has 0 aromatic carbocycles. The molecule has 0 aliphatic heterocycles. The zero-order valence-corrected chi connectivity index (χ0v) is 9.34. The van der Waals surface area contributed by atoms with Crippen LogP contribution < -0.4 is 5.73 Å². The number of nitrogens with two attached hydrogens (primary N) is 1. The predicted molar refractivity (Wildman–Crippen MR) is 48.4 cm³/mol. The minimum absolute atomic E-state index is 0.0210. The van der Waals surface area contributed by atoms with Crippen molar-refractivity contribution >= 4 is 15.4 Å². The number of phosphoric acid groups is 1. The molecule has 0 heterocycles. The average Bonchev–Trinajstić information content (AvgIpc) is 1.95. The molecule has 0 amide bonds. The lowest BCUT2D eigenvalue weighted by atomic mass is 10.3. The summed E-state index contributed by atoms with van der Waals surface area (Å²) in [7, 11) is -10.4. The minimum atomic E-state index is -5.23. The van der Waals surface area contributed by atoms with Gasteiger partial charge < -0.3 is 30.4 Å². The first kappa shape index (κ1) is 15.2. The van der Waals surface area contributed by atoms with Crippen molar-refractivity contribution in [3.8, 4) is 0 Å². The van der Waals surface area contributed by atoms with E-state index in [2.05, 4.69) is 4.52 Å². The van der Waals surface area contributed by atoms with Crippen LogP contribution in [0.15, 0.2) is 0 Å². The van der Waals surface area contributed by atoms with Crippen LogP contribution in [0, 0.1) is 0 Å². The maximum absolute atomic E-state index is 10.8. The molecule has 0 bridgehead atoms. The summed E-state index contributed by atoms with van der Waals surface area (Å²) < 4.78 is 24.9. The second-order valence-electron chi connectivity index (χ2n) is 2.76. The summed E-state index contributed by atoms with van der Waals surface area (Å²) in [5.41, 5.74) is 1.83. The number of phosphoric ester groups is 1. The Morgan fingerprint density at radius 1 is 1.20 bits per heavy atom. The Balaban J connectivity index is 4.88. The number of aliphatic hydroxyl groups is 1. The molecule has 1 atom stereocenters. The molecule has 0 aromatic heterocycles. The Morgan fingerprint density at radius 3 is 1.93 bits per heavy atom. The van der Waals surface area contributed by atoms with Gasteiger partial charge in [0.15, 0.2) is 0 Å². The first-order valence-corrected chi connectivity index (χ1v) is 6.90. The van der Waals surface area contributed by atoms with Crippen molar-refractivity contribution in [2.45, 2.75) is 18.4 Å². The quantitative estimate of drug-likeness (QED) is 0.251. The Kier molecular flexibility index (Phi) is 5.07. The molecule has 0 aliphatic rings. The van der Waals surface area contributed by atoms with Crippen LogP contribution in [0.2, 0.25) is 0 Å². The smallest absolute Gasteiger partial charge is 0.356 e. The highest BCUT2D eigenvalue weighted by atomic mass is 31.2. The van der Waals surface area contributed by atoms with Crippen molar-refractivity contribution in [1.29, 1.82) is 0 Å². The molecule has 9 nitrogen and oxygen atoms in total. The topological polar surface area (TPSA) is 171 Å². The van der Waals surface area contributed by atoms with E-state index < -0.39 is 27.4 Å². The van der Waals surface area contributed by atoms with E-state index in [0.717, 1.165) is 0 Å². The van der Waals surface area contributed by atoms with E-state index >= 15 is 0 Å². The van der Waals surface area contributed by atoms with E-state index in [-0.39, 0.29) is 13.0 Å². The van der Waals surface area contributed by atoms with Gasteiger partial charge in [-0.3, -0.25) is 4.57 Å². The molecular formula is C4H13NO8P2. The normalized spacial score (nSPS) is 17.5. The summed E-state index contributed by atoms with van der Waals surface area (Å²) in [6, 6.07) is 0. The standard InChI is InChI=1S/C4H13NO8P2/c5-3-1-2-4(6,14(7,8)9)13-15(10,11)12/h6H,1-3,5H2,(H2,7,8,9)(H2,10,11,12). The largest absolute Gasteiger partial charge is 0.472 e. The van der Waals surface area contributed by atoms with Crippen LogP contribution in [0.25, 0.3) is 0 Å². The molecule has 92 valence electrons. The van der Waals surface area contributed by atoms with E-state index in [1.807, 2.05) is 0 Å². The van der Waals surface area contributed by atoms with Gasteiger partial charge in [0.1, 0.15) is 0 Å². The lowest BCUT2D eigenvalue weighted by molar-refractivity contribution is -0.101. The first-order chi connectivity index (χ1) is 6.52. The van der Waals surface area contributed by atoms with Gasteiger partial charge in [-0.25, -0.2) is 9.09 Å². The summed E-state index contributed by atoms with van der Waals surface area (Å²) in [4.78, 5) is 34.1. The second kappa shape index (κ2) is 5.01. The fourth-order valence-electron chi connectivity index (χ4n) is 0.767. The van der Waals surface area contributed by atoms with Crippen molar-refractivity contribution < 1.29 is 38.3 Å². The van der Waals surface area contributed by atoms with Gasteiger partial charge in [0.2, 0.25) is 0 Å². The van der Waals surface area contributed by atoms with Crippen LogP contribution >= 0.6 is 15.4 Å². The lowest BCUT2D eigenvalue weighted by Crippen LogP contribution is -2.31. The monoisotopic (exact) mass is 265 g/mol. The molecule has 0 fully saturated rings. The molecule has 7 N–H and O–H groups in total. The van der Waals surface area contributed by atoms with Crippen LogP contribution in [0.5, 0.6) is 0 Å². The van der Waals surface area contributed by atoms with Crippen LogP contribution in [0.1, 0.15) is 12.8 Å². The van der Waals surface area contributed by atoms with Crippen molar-refractivity contribution in [3.63, 3.8) is 0 Å². The maximum Gasteiger partial charge on any atom is 0.472 e. The number of hydrogen-bond acceptors (Lipinski definition) is 5. The fourth-order valence-corrected chi connectivity index (χ4v) is 2.43. The predicted octanol–water partition coefficient (Wildman–Crippen LogP) is -1.34. The van der Waals surface area contributed by atoms with Crippen LogP contribution in [0.4, 0.5) is 0 Å². The van der Waals surface area contributed by atoms with Crippen molar-refractivity contribution in [1.82, 2.24) is 0 Å². The fraction of sp³-hybridized carbons (Fsp3) is 1.00.